The molecule has 0 spiro atoms. The maximum Gasteiger partial charge on any atom is 0.251 e. The molecular weight excluding hydrogens is 290 g/mol. The van der Waals surface area contributed by atoms with Crippen LogP contribution >= 0.6 is 0 Å². The van der Waals surface area contributed by atoms with Crippen LogP contribution in [-0.2, 0) is 6.54 Å². The summed E-state index contributed by atoms with van der Waals surface area (Å²) in [6.07, 6.45) is 5.18. The Hall–Kier alpha value is -3.02. The van der Waals surface area contributed by atoms with Crippen molar-refractivity contribution in [2.24, 2.45) is 0 Å². The van der Waals surface area contributed by atoms with Crippen LogP contribution in [0.15, 0.2) is 48.9 Å². The fourth-order valence-corrected chi connectivity index (χ4v) is 2.37. The zero-order chi connectivity index (χ0) is 16.2. The maximum atomic E-state index is 12.2. The van der Waals surface area contributed by atoms with Crippen molar-refractivity contribution in [1.82, 2.24) is 25.3 Å². The Bertz CT molecular complexity index is 806. The van der Waals surface area contributed by atoms with Crippen molar-refractivity contribution in [3.63, 3.8) is 0 Å². The predicted octanol–water partition coefficient (Wildman–Crippen LogP) is 2.21. The Morgan fingerprint density at radius 2 is 2.00 bits per heavy atom. The van der Waals surface area contributed by atoms with E-state index in [1.807, 2.05) is 44.2 Å². The van der Waals surface area contributed by atoms with Crippen LogP contribution in [0.1, 0.15) is 27.2 Å². The van der Waals surface area contributed by atoms with Gasteiger partial charge in [-0.3, -0.25) is 9.78 Å². The Morgan fingerprint density at radius 3 is 2.70 bits per heavy atom. The van der Waals surface area contributed by atoms with Crippen LogP contribution in [0.3, 0.4) is 0 Å². The van der Waals surface area contributed by atoms with Gasteiger partial charge < -0.3 is 5.32 Å². The van der Waals surface area contributed by atoms with Crippen LogP contribution in [0, 0.1) is 13.8 Å². The largest absolute Gasteiger partial charge is 0.346 e. The van der Waals surface area contributed by atoms with Crippen molar-refractivity contribution in [3.8, 4) is 5.69 Å². The quantitative estimate of drug-likeness (QED) is 0.802. The lowest BCUT2D eigenvalue weighted by Crippen LogP contribution is -2.23. The molecule has 0 fully saturated rings. The highest BCUT2D eigenvalue weighted by molar-refractivity contribution is 5.94. The molecule has 2 heterocycles. The first kappa shape index (κ1) is 14.9. The van der Waals surface area contributed by atoms with Crippen molar-refractivity contribution in [2.45, 2.75) is 20.4 Å². The number of hydrogen-bond acceptors (Lipinski definition) is 4. The Balaban J connectivity index is 1.67. The molecule has 0 saturated heterocycles. The smallest absolute Gasteiger partial charge is 0.251 e. The molecule has 0 radical (unpaired) electrons. The van der Waals surface area contributed by atoms with Crippen molar-refractivity contribution in [1.29, 1.82) is 0 Å². The zero-order valence-corrected chi connectivity index (χ0v) is 13.0. The summed E-state index contributed by atoms with van der Waals surface area (Å²) in [5, 5.41) is 11.0. The Kier molecular flexibility index (Phi) is 4.14. The molecule has 3 aromatic rings. The van der Waals surface area contributed by atoms with Gasteiger partial charge in [0.25, 0.3) is 5.91 Å². The molecule has 2 aromatic heterocycles. The molecule has 116 valence electrons. The average molecular weight is 307 g/mol. The van der Waals surface area contributed by atoms with Crippen LogP contribution in [0.2, 0.25) is 0 Å². The second-order valence-electron chi connectivity index (χ2n) is 5.42. The van der Waals surface area contributed by atoms with E-state index < -0.39 is 0 Å². The average Bonchev–Trinajstić information content (AvgIpc) is 3.01. The first-order chi connectivity index (χ1) is 11.1. The molecule has 0 aliphatic heterocycles. The molecule has 0 saturated carbocycles. The minimum absolute atomic E-state index is 0.118. The van der Waals surface area contributed by atoms with Crippen molar-refractivity contribution >= 4 is 5.91 Å². The summed E-state index contributed by atoms with van der Waals surface area (Å²) in [7, 11) is 0. The first-order valence-corrected chi connectivity index (χ1v) is 7.30. The van der Waals surface area contributed by atoms with Crippen molar-refractivity contribution < 1.29 is 4.79 Å². The van der Waals surface area contributed by atoms with E-state index in [-0.39, 0.29) is 5.91 Å². The summed E-state index contributed by atoms with van der Waals surface area (Å²) in [5.74, 6) is -0.118. The van der Waals surface area contributed by atoms with Crippen LogP contribution < -0.4 is 5.32 Å². The number of carbonyl (C=O) groups is 1. The van der Waals surface area contributed by atoms with Gasteiger partial charge in [-0.2, -0.15) is 0 Å². The summed E-state index contributed by atoms with van der Waals surface area (Å²) < 4.78 is 1.63. The van der Waals surface area contributed by atoms with Gasteiger partial charge in [-0.1, -0.05) is 22.4 Å². The van der Waals surface area contributed by atoms with E-state index in [0.29, 0.717) is 17.8 Å². The van der Waals surface area contributed by atoms with E-state index in [2.05, 4.69) is 20.6 Å². The number of benzene rings is 1. The molecule has 0 atom stereocenters. The van der Waals surface area contributed by atoms with Crippen molar-refractivity contribution in [2.75, 3.05) is 0 Å². The van der Waals surface area contributed by atoms with Gasteiger partial charge in [0, 0.05) is 11.8 Å². The Labute approximate surface area is 134 Å². The predicted molar refractivity (Wildman–Crippen MR) is 86.2 cm³/mol. The number of rotatable bonds is 4. The van der Waals surface area contributed by atoms with Gasteiger partial charge in [0.1, 0.15) is 5.69 Å². The second kappa shape index (κ2) is 6.39. The third kappa shape index (κ3) is 3.60. The van der Waals surface area contributed by atoms with Crippen LogP contribution in [0.4, 0.5) is 0 Å². The normalized spacial score (nSPS) is 10.5. The molecule has 0 aliphatic rings. The van der Waals surface area contributed by atoms with E-state index in [1.54, 1.807) is 23.3 Å². The number of hydrogen-bond donors (Lipinski definition) is 1. The van der Waals surface area contributed by atoms with Gasteiger partial charge >= 0.3 is 0 Å². The van der Waals surface area contributed by atoms with Crippen molar-refractivity contribution in [3.05, 3.63) is 71.3 Å². The molecule has 0 aliphatic carbocycles. The van der Waals surface area contributed by atoms with Gasteiger partial charge in [-0.15, -0.1) is 5.10 Å². The number of amides is 1. The summed E-state index contributed by atoms with van der Waals surface area (Å²) in [5.41, 5.74) is 4.30. The number of aryl methyl sites for hydroxylation is 2. The number of nitrogens with one attached hydrogen (secondary N) is 1. The van der Waals surface area contributed by atoms with Crippen LogP contribution in [-0.4, -0.2) is 25.9 Å². The third-order valence-electron chi connectivity index (χ3n) is 3.37. The summed E-state index contributed by atoms with van der Waals surface area (Å²) in [4.78, 5) is 16.3. The lowest BCUT2D eigenvalue weighted by Gasteiger charge is -2.05. The third-order valence-corrected chi connectivity index (χ3v) is 3.37. The van der Waals surface area contributed by atoms with E-state index >= 15 is 0 Å². The standard InChI is InChI=1S/C17H17N5O/c1-12-6-13(2)8-14(7-12)17(23)19-9-15-11-22(21-20-15)16-4-3-5-18-10-16/h3-8,10-11H,9H2,1-2H3,(H,19,23). The van der Waals surface area contributed by atoms with Gasteiger partial charge in [0.2, 0.25) is 0 Å². The molecule has 6 nitrogen and oxygen atoms in total. The molecule has 6 heteroatoms. The van der Waals surface area contributed by atoms with E-state index in [9.17, 15) is 4.79 Å². The van der Waals surface area contributed by atoms with E-state index in [1.165, 1.54) is 0 Å². The number of nitrogens with zero attached hydrogens (tertiary/aromatic N) is 4. The number of pyridine rings is 1. The lowest BCUT2D eigenvalue weighted by atomic mass is 10.1. The summed E-state index contributed by atoms with van der Waals surface area (Å²) in [6.45, 7) is 4.28. The molecule has 1 N–H and O–H groups in total. The maximum absolute atomic E-state index is 12.2. The molecule has 1 amide bonds. The Morgan fingerprint density at radius 1 is 1.22 bits per heavy atom. The molecule has 3 rings (SSSR count). The zero-order valence-electron chi connectivity index (χ0n) is 13.0. The fraction of sp³-hybridized carbons (Fsp3) is 0.176. The SMILES string of the molecule is Cc1cc(C)cc(C(=O)NCc2cn(-c3cccnc3)nn2)c1. The molecule has 1 aromatic carbocycles. The number of carbonyl (C=O) groups excluding carboxylic acids is 1. The highest BCUT2D eigenvalue weighted by atomic mass is 16.1. The molecular formula is C17H17N5O. The monoisotopic (exact) mass is 307 g/mol. The van der Waals surface area contributed by atoms with Gasteiger partial charge in [0.05, 0.1) is 24.6 Å². The van der Waals surface area contributed by atoms with Gasteiger partial charge in [-0.05, 0) is 38.1 Å². The fourth-order valence-electron chi connectivity index (χ4n) is 2.37. The molecule has 0 unspecified atom stereocenters. The van der Waals surface area contributed by atoms with E-state index in [4.69, 9.17) is 0 Å². The van der Waals surface area contributed by atoms with Gasteiger partial charge in [0.15, 0.2) is 0 Å². The highest BCUT2D eigenvalue weighted by Crippen LogP contribution is 2.09. The van der Waals surface area contributed by atoms with Crippen LogP contribution in [0.5, 0.6) is 0 Å². The van der Waals surface area contributed by atoms with E-state index in [0.717, 1.165) is 16.8 Å². The summed E-state index contributed by atoms with van der Waals surface area (Å²) in [6, 6.07) is 9.50. The minimum atomic E-state index is -0.118. The second-order valence-corrected chi connectivity index (χ2v) is 5.42. The highest BCUT2D eigenvalue weighted by Gasteiger charge is 2.08. The lowest BCUT2D eigenvalue weighted by molar-refractivity contribution is 0.0950. The van der Waals surface area contributed by atoms with Crippen LogP contribution in [0.25, 0.3) is 5.69 Å². The molecule has 23 heavy (non-hydrogen) atoms. The summed E-state index contributed by atoms with van der Waals surface area (Å²) >= 11 is 0. The van der Waals surface area contributed by atoms with Gasteiger partial charge in [-0.25, -0.2) is 4.68 Å². The number of aromatic nitrogens is 4. The molecule has 0 bridgehead atoms. The minimum Gasteiger partial charge on any atom is -0.346 e. The first-order valence-electron chi connectivity index (χ1n) is 7.30. The topological polar surface area (TPSA) is 72.7 Å².